The van der Waals surface area contributed by atoms with Gasteiger partial charge in [0.2, 0.25) is 0 Å². The molecule has 0 fully saturated rings. The van der Waals surface area contributed by atoms with E-state index in [2.05, 4.69) is 121 Å². The van der Waals surface area contributed by atoms with Crippen molar-refractivity contribution in [1.29, 1.82) is 0 Å². The maximum atomic E-state index is 11.3. The quantitative estimate of drug-likeness (QED) is 0.166. The van der Waals surface area contributed by atoms with Gasteiger partial charge in [-0.1, -0.05) is 114 Å². The van der Waals surface area contributed by atoms with E-state index >= 15 is 0 Å². The van der Waals surface area contributed by atoms with Crippen LogP contribution < -0.4 is 21.2 Å². The molecule has 0 aromatic heterocycles. The van der Waals surface area contributed by atoms with Crippen LogP contribution in [0.4, 0.5) is 0 Å². The van der Waals surface area contributed by atoms with Crippen molar-refractivity contribution in [2.24, 2.45) is 0 Å². The minimum absolute atomic E-state index is 0.0624. The van der Waals surface area contributed by atoms with Crippen molar-refractivity contribution in [3.8, 4) is 5.75 Å². The fourth-order valence-corrected chi connectivity index (χ4v) is 10.2. The van der Waals surface area contributed by atoms with Crippen LogP contribution in [0.5, 0.6) is 5.75 Å². The molecule has 5 aromatic carbocycles. The molecule has 0 spiro atoms. The molecule has 0 heterocycles. The minimum atomic E-state index is -4.55. The molecule has 0 radical (unpaired) electrons. The molecule has 6 heteroatoms. The molecule has 5 rings (SSSR count). The molecule has 1 N–H and O–H groups in total. The van der Waals surface area contributed by atoms with E-state index in [1.165, 1.54) is 33.4 Å². The molecular weight excluding hydrogens is 583 g/mol. The van der Waals surface area contributed by atoms with Crippen molar-refractivity contribution < 1.29 is 18.1 Å². The van der Waals surface area contributed by atoms with E-state index in [4.69, 9.17) is 0 Å². The van der Waals surface area contributed by atoms with Crippen molar-refractivity contribution in [2.45, 2.75) is 57.3 Å². The summed E-state index contributed by atoms with van der Waals surface area (Å²) in [6.45, 7) is 11.1. The largest absolute Gasteiger partial charge is 0.744 e. The maximum Gasteiger partial charge on any atom is 0.144 e. The molecule has 0 bridgehead atoms. The summed E-state index contributed by atoms with van der Waals surface area (Å²) in [6, 6.07) is 46.4. The molecule has 0 amide bonds. The van der Waals surface area contributed by atoms with E-state index in [0.29, 0.717) is 11.1 Å². The summed E-state index contributed by atoms with van der Waals surface area (Å²) >= 11 is 0. The van der Waals surface area contributed by atoms with E-state index in [1.54, 1.807) is 0 Å². The predicted octanol–water partition coefficient (Wildman–Crippen LogP) is 7.20. The van der Waals surface area contributed by atoms with E-state index in [9.17, 15) is 18.1 Å². The van der Waals surface area contributed by atoms with Crippen molar-refractivity contribution in [3.63, 3.8) is 0 Å². The molecule has 228 valence electrons. The van der Waals surface area contributed by atoms with Gasteiger partial charge in [-0.25, -0.2) is 8.42 Å². The molecule has 0 aliphatic carbocycles. The second-order valence-corrected chi connectivity index (χ2v) is 17.6. The predicted molar refractivity (Wildman–Crippen MR) is 185 cm³/mol. The molecule has 5 aromatic rings. The fourth-order valence-electron chi connectivity index (χ4n) is 5.40. The van der Waals surface area contributed by atoms with Gasteiger partial charge in [-0.2, -0.15) is 0 Å². The van der Waals surface area contributed by atoms with Gasteiger partial charge in [0.15, 0.2) is 0 Å². The first-order valence-corrected chi connectivity index (χ1v) is 17.8. The highest BCUT2D eigenvalue weighted by atomic mass is 32.2. The number of phenols is 1. The Hall–Kier alpha value is -3.76. The number of hydrogen-bond donors (Lipinski definition) is 1. The lowest BCUT2D eigenvalue weighted by Crippen LogP contribution is -2.38. The number of phenolic OH excluding ortho intramolecular Hbond substituents is 1. The van der Waals surface area contributed by atoms with Crippen LogP contribution in [0, 0.1) is 0 Å². The average Bonchev–Trinajstić information content (AvgIpc) is 2.98. The summed E-state index contributed by atoms with van der Waals surface area (Å²) in [4.78, 5) is -0.292. The Morgan fingerprint density at radius 3 is 0.977 bits per heavy atom. The molecule has 4 nitrogen and oxygen atoms in total. The van der Waals surface area contributed by atoms with Gasteiger partial charge in [0.05, 0.1) is 4.90 Å². The van der Waals surface area contributed by atoms with Gasteiger partial charge in [-0.05, 0) is 71.5 Å². The maximum absolute atomic E-state index is 11.3. The third kappa shape index (κ3) is 7.13. The Bertz CT molecular complexity index is 1580. The molecule has 44 heavy (non-hydrogen) atoms. The van der Waals surface area contributed by atoms with Gasteiger partial charge in [0, 0.05) is 11.1 Å². The SMILES string of the molecule is CC(C)(C)c1cc(S(=O)(=O)[O-])cc(C(C)(C)C)c1O.c1ccc([P+](c2ccccc2)(c2ccccc2)c2ccccc2)cc1. The summed E-state index contributed by atoms with van der Waals surface area (Å²) < 4.78 is 33.8. The lowest BCUT2D eigenvalue weighted by Gasteiger charge is -2.28. The Kier molecular flexibility index (Phi) is 9.85. The van der Waals surface area contributed by atoms with Gasteiger partial charge >= 0.3 is 0 Å². The normalized spacial score (nSPS) is 12.2. The fraction of sp³-hybridized carbons (Fsp3) is 0.211. The van der Waals surface area contributed by atoms with Crippen LogP contribution in [-0.2, 0) is 20.9 Å². The van der Waals surface area contributed by atoms with Crippen molar-refractivity contribution >= 4 is 38.6 Å². The van der Waals surface area contributed by atoms with Crippen LogP contribution in [0.3, 0.4) is 0 Å². The molecule has 0 aliphatic rings. The highest BCUT2D eigenvalue weighted by Crippen LogP contribution is 2.54. The van der Waals surface area contributed by atoms with E-state index in [0.717, 1.165) is 0 Å². The van der Waals surface area contributed by atoms with Crippen molar-refractivity contribution in [1.82, 2.24) is 0 Å². The molecule has 0 saturated heterocycles. The van der Waals surface area contributed by atoms with Gasteiger partial charge in [0.25, 0.3) is 0 Å². The van der Waals surface area contributed by atoms with Gasteiger partial charge < -0.3 is 9.66 Å². The molecule has 0 unspecified atom stereocenters. The summed E-state index contributed by atoms with van der Waals surface area (Å²) in [5.74, 6) is 0.0624. The Balaban J connectivity index is 0.000000210. The Morgan fingerprint density at radius 1 is 0.523 bits per heavy atom. The highest BCUT2D eigenvalue weighted by molar-refractivity contribution is 8.01. The molecule has 0 saturated carbocycles. The first kappa shape index (κ1) is 33.1. The zero-order valence-electron chi connectivity index (χ0n) is 26.2. The topological polar surface area (TPSA) is 77.4 Å². The van der Waals surface area contributed by atoms with Gasteiger partial charge in [0.1, 0.15) is 44.3 Å². The number of rotatable bonds is 5. The molecular formula is C38H41O4PS. The molecule has 0 atom stereocenters. The number of aromatic hydroxyl groups is 1. The van der Waals surface area contributed by atoms with Crippen molar-refractivity contribution in [2.75, 3.05) is 0 Å². The second kappa shape index (κ2) is 13.1. The lowest BCUT2D eigenvalue weighted by atomic mass is 9.79. The Morgan fingerprint density at radius 2 is 0.773 bits per heavy atom. The first-order chi connectivity index (χ1) is 20.7. The summed E-state index contributed by atoms with van der Waals surface area (Å²) in [6.07, 6.45) is 0. The average molecular weight is 625 g/mol. The van der Waals surface area contributed by atoms with Crippen LogP contribution in [0.25, 0.3) is 0 Å². The van der Waals surface area contributed by atoms with E-state index in [1.807, 2.05) is 41.5 Å². The van der Waals surface area contributed by atoms with Crippen LogP contribution in [-0.4, -0.2) is 18.1 Å². The summed E-state index contributed by atoms with van der Waals surface area (Å²) in [7, 11) is -6.45. The van der Waals surface area contributed by atoms with Crippen LogP contribution >= 0.6 is 7.26 Å². The van der Waals surface area contributed by atoms with E-state index < -0.39 is 28.2 Å². The lowest BCUT2D eigenvalue weighted by molar-refractivity contribution is 0.420. The zero-order chi connectivity index (χ0) is 32.2. The smallest absolute Gasteiger partial charge is 0.144 e. The van der Waals surface area contributed by atoms with Crippen molar-refractivity contribution in [3.05, 3.63) is 145 Å². The zero-order valence-corrected chi connectivity index (χ0v) is 27.9. The standard InChI is InChI=1S/C24H20P.C14H22O4S/c1-5-13-21(14-6-1)25(22-15-7-2-8-16-22,23-17-9-3-10-18-23)24-19-11-4-12-20-24;1-13(2,3)10-7-9(19(16,17)18)8-11(12(10)15)14(4,5)6/h1-20H;7-8,15H,1-6H3,(H,16,17,18)/q+1;/p-1. The van der Waals surface area contributed by atoms with Gasteiger partial charge in [-0.3, -0.25) is 0 Å². The first-order valence-electron chi connectivity index (χ1n) is 14.6. The van der Waals surface area contributed by atoms with Crippen LogP contribution in [0.15, 0.2) is 138 Å². The Labute approximate surface area is 263 Å². The summed E-state index contributed by atoms with van der Waals surface area (Å²) in [5.41, 5.74) is 0.0268. The number of hydrogen-bond acceptors (Lipinski definition) is 4. The minimum Gasteiger partial charge on any atom is -0.744 e. The molecule has 0 aliphatic heterocycles. The highest BCUT2D eigenvalue weighted by Gasteiger charge is 2.47. The van der Waals surface area contributed by atoms with E-state index in [-0.39, 0.29) is 10.6 Å². The summed E-state index contributed by atoms with van der Waals surface area (Å²) in [5, 5.41) is 15.9. The number of benzene rings is 5. The third-order valence-electron chi connectivity index (χ3n) is 7.56. The van der Waals surface area contributed by atoms with Crippen LogP contribution in [0.1, 0.15) is 52.7 Å². The second-order valence-electron chi connectivity index (χ2n) is 12.8. The monoisotopic (exact) mass is 624 g/mol. The van der Waals surface area contributed by atoms with Crippen LogP contribution in [0.2, 0.25) is 0 Å². The van der Waals surface area contributed by atoms with Gasteiger partial charge in [-0.15, -0.1) is 0 Å². The third-order valence-corrected chi connectivity index (χ3v) is 12.7.